The normalized spacial score (nSPS) is 13.3. The van der Waals surface area contributed by atoms with Gasteiger partial charge in [0.15, 0.2) is 6.29 Å². The van der Waals surface area contributed by atoms with Crippen LogP contribution in [0.5, 0.6) is 5.75 Å². The number of hydrogen-bond acceptors (Lipinski definition) is 6. The van der Waals surface area contributed by atoms with Crippen LogP contribution in [0.15, 0.2) is 78.9 Å². The Morgan fingerprint density at radius 2 is 1.63 bits per heavy atom. The molecule has 38 heavy (non-hydrogen) atoms. The third kappa shape index (κ3) is 7.64. The van der Waals surface area contributed by atoms with Crippen LogP contribution in [-0.2, 0) is 26.5 Å². The van der Waals surface area contributed by atoms with Gasteiger partial charge in [0, 0.05) is 37.3 Å². The molecular formula is C30H35NO7. The summed E-state index contributed by atoms with van der Waals surface area (Å²) in [4.78, 5) is 24.5. The van der Waals surface area contributed by atoms with Crippen molar-refractivity contribution >= 4 is 11.9 Å². The number of benzene rings is 3. The Hall–Kier alpha value is -3.72. The highest BCUT2D eigenvalue weighted by Crippen LogP contribution is 2.32. The second-order valence-corrected chi connectivity index (χ2v) is 8.70. The molecule has 0 aliphatic carbocycles. The number of carbonyl (C=O) groups is 2. The van der Waals surface area contributed by atoms with E-state index in [1.165, 1.54) is 6.07 Å². The second kappa shape index (κ2) is 14.3. The zero-order valence-electron chi connectivity index (χ0n) is 21.8. The molecular weight excluding hydrogens is 486 g/mol. The minimum absolute atomic E-state index is 0.187. The van der Waals surface area contributed by atoms with Gasteiger partial charge in [-0.05, 0) is 48.7 Å². The Balaban J connectivity index is 1.57. The van der Waals surface area contributed by atoms with Crippen molar-refractivity contribution in [1.29, 1.82) is 0 Å². The summed E-state index contributed by atoms with van der Waals surface area (Å²) >= 11 is 0. The van der Waals surface area contributed by atoms with Gasteiger partial charge in [-0.25, -0.2) is 4.79 Å². The molecule has 0 aromatic heterocycles. The lowest BCUT2D eigenvalue weighted by Gasteiger charge is -2.25. The molecule has 3 N–H and O–H groups in total. The Bertz CT molecular complexity index is 1170. The highest BCUT2D eigenvalue weighted by Gasteiger charge is 2.40. The van der Waals surface area contributed by atoms with Crippen LogP contribution in [0, 0.1) is 0 Å². The van der Waals surface area contributed by atoms with Crippen LogP contribution in [0.4, 0.5) is 0 Å². The summed E-state index contributed by atoms with van der Waals surface area (Å²) < 4.78 is 17.0. The molecule has 0 bridgehead atoms. The van der Waals surface area contributed by atoms with E-state index >= 15 is 0 Å². The first-order valence-corrected chi connectivity index (χ1v) is 12.7. The molecule has 0 saturated heterocycles. The largest absolute Gasteiger partial charge is 0.489 e. The van der Waals surface area contributed by atoms with Crippen LogP contribution in [0.3, 0.4) is 0 Å². The summed E-state index contributed by atoms with van der Waals surface area (Å²) in [5, 5.41) is 23.8. The number of hydrogen-bond donors (Lipinski definition) is 3. The fourth-order valence-corrected chi connectivity index (χ4v) is 3.88. The van der Waals surface area contributed by atoms with Crippen molar-refractivity contribution in [1.82, 2.24) is 5.32 Å². The number of aliphatic hydroxyl groups is 1. The zero-order chi connectivity index (χ0) is 27.4. The van der Waals surface area contributed by atoms with Crippen LogP contribution < -0.4 is 10.1 Å². The van der Waals surface area contributed by atoms with Crippen LogP contribution in [-0.4, -0.2) is 48.1 Å². The predicted molar refractivity (Wildman–Crippen MR) is 143 cm³/mol. The summed E-state index contributed by atoms with van der Waals surface area (Å²) in [6.07, 6.45) is 1.12. The third-order valence-electron chi connectivity index (χ3n) is 5.90. The number of carboxylic acid groups (broad SMARTS) is 1. The van der Waals surface area contributed by atoms with Gasteiger partial charge in [-0.15, -0.1) is 0 Å². The lowest BCUT2D eigenvalue weighted by molar-refractivity contribution is -0.155. The number of amides is 1. The number of carboxylic acids is 1. The number of nitrogens with one attached hydrogen (secondary N) is 1. The van der Waals surface area contributed by atoms with Crippen molar-refractivity contribution in [2.24, 2.45) is 0 Å². The molecule has 3 rings (SSSR count). The Morgan fingerprint density at radius 1 is 0.921 bits per heavy atom. The van der Waals surface area contributed by atoms with Crippen LogP contribution in [0.25, 0.3) is 0 Å². The van der Waals surface area contributed by atoms with Crippen molar-refractivity contribution in [3.63, 3.8) is 0 Å². The van der Waals surface area contributed by atoms with Gasteiger partial charge in [0.05, 0.1) is 0 Å². The summed E-state index contributed by atoms with van der Waals surface area (Å²) in [5.41, 5.74) is -0.422. The van der Waals surface area contributed by atoms with Crippen molar-refractivity contribution in [2.45, 2.75) is 45.2 Å². The topological polar surface area (TPSA) is 114 Å². The molecule has 8 heteroatoms. The lowest BCUT2D eigenvalue weighted by Crippen LogP contribution is -2.36. The quantitative estimate of drug-likeness (QED) is 0.252. The van der Waals surface area contributed by atoms with Crippen molar-refractivity contribution in [2.75, 3.05) is 19.8 Å². The number of ether oxygens (including phenoxy) is 3. The van der Waals surface area contributed by atoms with Crippen LogP contribution in [0.1, 0.15) is 53.7 Å². The predicted octanol–water partition coefficient (Wildman–Crippen LogP) is 4.50. The molecule has 0 saturated carbocycles. The Kier molecular flexibility index (Phi) is 10.8. The van der Waals surface area contributed by atoms with Gasteiger partial charge in [-0.3, -0.25) is 4.79 Å². The molecule has 3 aromatic carbocycles. The lowest BCUT2D eigenvalue weighted by atomic mass is 9.86. The third-order valence-corrected chi connectivity index (χ3v) is 5.90. The molecule has 2 atom stereocenters. The van der Waals surface area contributed by atoms with Crippen molar-refractivity contribution in [3.05, 3.63) is 101 Å². The van der Waals surface area contributed by atoms with Gasteiger partial charge in [0.25, 0.3) is 5.91 Å². The average molecular weight is 522 g/mol. The Labute approximate surface area is 223 Å². The highest BCUT2D eigenvalue weighted by molar-refractivity contribution is 5.94. The fraction of sp³-hybridized carbons (Fsp3) is 0.333. The van der Waals surface area contributed by atoms with E-state index in [1.807, 2.05) is 13.8 Å². The van der Waals surface area contributed by atoms with Gasteiger partial charge >= 0.3 is 5.97 Å². The summed E-state index contributed by atoms with van der Waals surface area (Å²) in [5.74, 6) is -1.16. The molecule has 0 radical (unpaired) electrons. The van der Waals surface area contributed by atoms with E-state index in [0.29, 0.717) is 37.5 Å². The van der Waals surface area contributed by atoms with Gasteiger partial charge < -0.3 is 29.7 Å². The van der Waals surface area contributed by atoms with E-state index in [2.05, 4.69) is 5.32 Å². The molecule has 202 valence electrons. The van der Waals surface area contributed by atoms with Gasteiger partial charge in [0.1, 0.15) is 12.4 Å². The van der Waals surface area contributed by atoms with Crippen molar-refractivity contribution in [3.8, 4) is 5.75 Å². The van der Waals surface area contributed by atoms with E-state index < -0.39 is 11.6 Å². The van der Waals surface area contributed by atoms with Crippen LogP contribution in [0.2, 0.25) is 0 Å². The minimum Gasteiger partial charge on any atom is -0.489 e. The first kappa shape index (κ1) is 28.8. The van der Waals surface area contributed by atoms with Gasteiger partial charge in [-0.2, -0.15) is 0 Å². The van der Waals surface area contributed by atoms with Crippen molar-refractivity contribution < 1.29 is 34.0 Å². The second-order valence-electron chi connectivity index (χ2n) is 8.70. The van der Waals surface area contributed by atoms with E-state index in [-0.39, 0.29) is 29.9 Å². The maximum absolute atomic E-state index is 12.5. The molecule has 1 unspecified atom stereocenters. The van der Waals surface area contributed by atoms with E-state index in [9.17, 15) is 19.8 Å². The first-order chi connectivity index (χ1) is 18.4. The molecule has 0 heterocycles. The summed E-state index contributed by atoms with van der Waals surface area (Å²) in [6, 6.07) is 21.7. The molecule has 0 fully saturated rings. The molecule has 0 aliphatic rings. The molecule has 0 spiro atoms. The monoisotopic (exact) mass is 521 g/mol. The maximum Gasteiger partial charge on any atom is 0.345 e. The molecule has 8 nitrogen and oxygen atoms in total. The van der Waals surface area contributed by atoms with Crippen LogP contribution >= 0.6 is 0 Å². The number of rotatable bonds is 15. The van der Waals surface area contributed by atoms with Gasteiger partial charge in [0.2, 0.25) is 5.60 Å². The smallest absolute Gasteiger partial charge is 0.345 e. The van der Waals surface area contributed by atoms with E-state index in [4.69, 9.17) is 14.2 Å². The minimum atomic E-state index is -2.21. The average Bonchev–Trinajstić information content (AvgIpc) is 2.95. The molecule has 1 amide bonds. The van der Waals surface area contributed by atoms with E-state index in [1.54, 1.807) is 72.8 Å². The highest BCUT2D eigenvalue weighted by atomic mass is 16.7. The Morgan fingerprint density at radius 3 is 2.29 bits per heavy atom. The summed E-state index contributed by atoms with van der Waals surface area (Å²) in [6.45, 7) is 5.72. The van der Waals surface area contributed by atoms with E-state index in [0.717, 1.165) is 12.0 Å². The fourth-order valence-electron chi connectivity index (χ4n) is 3.88. The summed E-state index contributed by atoms with van der Waals surface area (Å²) in [7, 11) is 0. The maximum atomic E-state index is 12.5. The number of aliphatic carboxylic acids is 1. The first-order valence-electron chi connectivity index (χ1n) is 12.7. The SMILES string of the molecule is CCCOC(CCNC(=O)c1ccc(COc2cccc([C@](O)(C(=O)O)c3ccccc3)c2)cc1)OCC. The zero-order valence-corrected chi connectivity index (χ0v) is 21.8. The van der Waals surface area contributed by atoms with Gasteiger partial charge in [-0.1, -0.05) is 61.5 Å². The standard InChI is InChI=1S/C30H35NO7/c1-3-19-37-27(36-4-2)17-18-31-28(32)23-15-13-22(14-16-23)21-38-26-12-8-11-25(20-26)30(35,29(33)34)24-9-6-5-7-10-24/h5-16,20,27,35H,3-4,17-19,21H2,1-2H3,(H,31,32)(H,33,34)/t27?,30-/m0/s1. The number of carbonyl (C=O) groups excluding carboxylic acids is 1. The molecule has 0 aliphatic heterocycles. The molecule has 3 aromatic rings.